The molecular weight excluding hydrogens is 252 g/mol. The van der Waals surface area contributed by atoms with Crippen LogP contribution in [-0.2, 0) is 0 Å². The Morgan fingerprint density at radius 1 is 1.10 bits per heavy atom. The highest BCUT2D eigenvalue weighted by atomic mass is 14.4. The van der Waals surface area contributed by atoms with Gasteiger partial charge in [-0.15, -0.1) is 0 Å². The Bertz CT molecular complexity index is 520. The van der Waals surface area contributed by atoms with Crippen LogP contribution in [0.5, 0.6) is 0 Å². The summed E-state index contributed by atoms with van der Waals surface area (Å²) in [5.74, 6) is 1.26. The fourth-order valence-electron chi connectivity index (χ4n) is 3.45. The first-order valence-electron chi connectivity index (χ1n) is 8.38. The fraction of sp³-hybridized carbons (Fsp3) is 0.619. The predicted molar refractivity (Wildman–Crippen MR) is 94.8 cm³/mol. The Labute approximate surface area is 131 Å². The molecule has 1 aliphatic carbocycles. The number of fused-ring (bicyclic) bond motifs is 1. The van der Waals surface area contributed by atoms with E-state index in [1.165, 1.54) is 29.5 Å². The zero-order chi connectivity index (χ0) is 15.8. The van der Waals surface area contributed by atoms with Crippen molar-refractivity contribution < 1.29 is 0 Å². The minimum absolute atomic E-state index is 0.301. The van der Waals surface area contributed by atoms with Crippen LogP contribution in [0.25, 0.3) is 6.08 Å². The first kappa shape index (κ1) is 16.3. The monoisotopic (exact) mass is 284 g/mol. The smallest absolute Gasteiger partial charge is 0.0108 e. The third-order valence-corrected chi connectivity index (χ3v) is 4.69. The Kier molecular flexibility index (Phi) is 4.38. The summed E-state index contributed by atoms with van der Waals surface area (Å²) in [5.41, 5.74) is 5.15. The van der Waals surface area contributed by atoms with E-state index >= 15 is 0 Å². The highest BCUT2D eigenvalue weighted by molar-refractivity contribution is 5.58. The molecule has 0 N–H and O–H groups in total. The molecule has 0 nitrogen and oxygen atoms in total. The number of hydrogen-bond acceptors (Lipinski definition) is 0. The minimum Gasteiger partial charge on any atom is -0.0833 e. The lowest BCUT2D eigenvalue weighted by Crippen LogP contribution is -2.24. The average Bonchev–Trinajstić information content (AvgIpc) is 2.34. The summed E-state index contributed by atoms with van der Waals surface area (Å²) in [6, 6.07) is 7.19. The van der Waals surface area contributed by atoms with Gasteiger partial charge < -0.3 is 0 Å². The Balaban J connectivity index is 2.42. The maximum Gasteiger partial charge on any atom is -0.0108 e. The van der Waals surface area contributed by atoms with Crippen LogP contribution in [-0.4, -0.2) is 0 Å². The molecule has 1 aromatic carbocycles. The molecule has 0 radical (unpaired) electrons. The number of allylic oxidation sites excluding steroid dienone is 1. The predicted octanol–water partition coefficient (Wildman–Crippen LogP) is 6.77. The van der Waals surface area contributed by atoms with Gasteiger partial charge in [-0.3, -0.25) is 0 Å². The van der Waals surface area contributed by atoms with Gasteiger partial charge in [0, 0.05) is 0 Å². The third kappa shape index (κ3) is 3.99. The van der Waals surface area contributed by atoms with Gasteiger partial charge in [0.2, 0.25) is 0 Å². The fourth-order valence-corrected chi connectivity index (χ4v) is 3.45. The lowest BCUT2D eigenvalue weighted by Gasteiger charge is -2.37. The lowest BCUT2D eigenvalue weighted by atomic mass is 9.68. The van der Waals surface area contributed by atoms with Gasteiger partial charge in [0.1, 0.15) is 0 Å². The summed E-state index contributed by atoms with van der Waals surface area (Å²) in [7, 11) is 0. The standard InChI is InChI=1S/C21H32/c1-15-9-8-10-16-11-12-17(13-18(15)16)19(21(5,6)7)14-20(2,3)4/h8,10-13,15,19H,9,14H2,1-7H3. The molecule has 0 heteroatoms. The van der Waals surface area contributed by atoms with E-state index in [2.05, 4.69) is 78.8 Å². The molecule has 1 aromatic rings. The van der Waals surface area contributed by atoms with Crippen LogP contribution in [0.15, 0.2) is 24.3 Å². The van der Waals surface area contributed by atoms with Crippen molar-refractivity contribution >= 4 is 6.08 Å². The van der Waals surface area contributed by atoms with Gasteiger partial charge >= 0.3 is 0 Å². The summed E-state index contributed by atoms with van der Waals surface area (Å²) in [6.45, 7) is 16.6. The van der Waals surface area contributed by atoms with E-state index in [-0.39, 0.29) is 0 Å². The van der Waals surface area contributed by atoms with Crippen molar-refractivity contribution in [3.05, 3.63) is 41.0 Å². The van der Waals surface area contributed by atoms with Crippen LogP contribution < -0.4 is 0 Å². The first-order valence-corrected chi connectivity index (χ1v) is 8.38. The zero-order valence-electron chi connectivity index (χ0n) is 15.0. The number of rotatable bonds is 2. The van der Waals surface area contributed by atoms with Gasteiger partial charge in [-0.25, -0.2) is 0 Å². The average molecular weight is 284 g/mol. The van der Waals surface area contributed by atoms with Crippen molar-refractivity contribution in [3.63, 3.8) is 0 Å². The van der Waals surface area contributed by atoms with E-state index in [0.29, 0.717) is 22.7 Å². The van der Waals surface area contributed by atoms with E-state index < -0.39 is 0 Å². The molecule has 0 saturated carbocycles. The van der Waals surface area contributed by atoms with Gasteiger partial charge in [-0.1, -0.05) is 78.8 Å². The van der Waals surface area contributed by atoms with Crippen molar-refractivity contribution in [2.75, 3.05) is 0 Å². The topological polar surface area (TPSA) is 0 Å². The van der Waals surface area contributed by atoms with Crippen LogP contribution in [0.4, 0.5) is 0 Å². The van der Waals surface area contributed by atoms with Crippen molar-refractivity contribution in [1.29, 1.82) is 0 Å². The molecule has 0 aliphatic heterocycles. The molecule has 2 rings (SSSR count). The molecule has 0 fully saturated rings. The van der Waals surface area contributed by atoms with Crippen LogP contribution >= 0.6 is 0 Å². The summed E-state index contributed by atoms with van der Waals surface area (Å²) < 4.78 is 0. The maximum absolute atomic E-state index is 2.49. The molecule has 1 aliphatic rings. The molecule has 0 aromatic heterocycles. The molecule has 0 spiro atoms. The van der Waals surface area contributed by atoms with Crippen LogP contribution in [0.3, 0.4) is 0 Å². The van der Waals surface area contributed by atoms with Crippen molar-refractivity contribution in [2.45, 2.75) is 73.1 Å². The molecular formula is C21H32. The second-order valence-corrected chi connectivity index (χ2v) is 9.11. The molecule has 0 heterocycles. The van der Waals surface area contributed by atoms with Gasteiger partial charge in [-0.2, -0.15) is 0 Å². The Morgan fingerprint density at radius 3 is 2.33 bits per heavy atom. The van der Waals surface area contributed by atoms with Crippen molar-refractivity contribution in [1.82, 2.24) is 0 Å². The van der Waals surface area contributed by atoms with E-state index in [0.717, 1.165) is 0 Å². The van der Waals surface area contributed by atoms with E-state index in [9.17, 15) is 0 Å². The van der Waals surface area contributed by atoms with Crippen molar-refractivity contribution in [3.8, 4) is 0 Å². The minimum atomic E-state index is 0.301. The summed E-state index contributed by atoms with van der Waals surface area (Å²) in [6.07, 6.45) is 7.01. The molecule has 0 bridgehead atoms. The Hall–Kier alpha value is -1.04. The molecule has 2 atom stereocenters. The SMILES string of the molecule is CC1CC=Cc2ccc(C(CC(C)(C)C)C(C)(C)C)cc21. The van der Waals surface area contributed by atoms with Crippen LogP contribution in [0.2, 0.25) is 0 Å². The Morgan fingerprint density at radius 2 is 1.76 bits per heavy atom. The van der Waals surface area contributed by atoms with Crippen LogP contribution in [0.1, 0.15) is 89.8 Å². The maximum atomic E-state index is 2.49. The first-order chi connectivity index (χ1) is 9.58. The van der Waals surface area contributed by atoms with Gasteiger partial charge in [0.25, 0.3) is 0 Å². The summed E-state index contributed by atoms with van der Waals surface area (Å²) >= 11 is 0. The highest BCUT2D eigenvalue weighted by Crippen LogP contribution is 2.44. The van der Waals surface area contributed by atoms with Crippen LogP contribution in [0, 0.1) is 10.8 Å². The zero-order valence-corrected chi connectivity index (χ0v) is 15.0. The molecule has 116 valence electrons. The van der Waals surface area contributed by atoms with E-state index in [1.54, 1.807) is 0 Å². The second-order valence-electron chi connectivity index (χ2n) is 9.11. The highest BCUT2D eigenvalue weighted by Gasteiger charge is 2.31. The number of benzene rings is 1. The number of hydrogen-bond donors (Lipinski definition) is 0. The molecule has 2 unspecified atom stereocenters. The quantitative estimate of drug-likeness (QED) is 0.562. The van der Waals surface area contributed by atoms with Gasteiger partial charge in [0.15, 0.2) is 0 Å². The molecule has 0 saturated heterocycles. The van der Waals surface area contributed by atoms with E-state index in [1.807, 2.05) is 0 Å². The van der Waals surface area contributed by atoms with Gasteiger partial charge in [-0.05, 0) is 52.2 Å². The molecule has 0 amide bonds. The normalized spacial score (nSPS) is 20.2. The summed E-state index contributed by atoms with van der Waals surface area (Å²) in [4.78, 5) is 0. The summed E-state index contributed by atoms with van der Waals surface area (Å²) in [5, 5.41) is 0. The second kappa shape index (κ2) is 5.63. The van der Waals surface area contributed by atoms with Crippen molar-refractivity contribution in [2.24, 2.45) is 10.8 Å². The molecule has 21 heavy (non-hydrogen) atoms. The van der Waals surface area contributed by atoms with E-state index in [4.69, 9.17) is 0 Å². The largest absolute Gasteiger partial charge is 0.0833 e. The van der Waals surface area contributed by atoms with Gasteiger partial charge in [0.05, 0.1) is 0 Å². The lowest BCUT2D eigenvalue weighted by molar-refractivity contribution is 0.229. The third-order valence-electron chi connectivity index (χ3n) is 4.69.